The Bertz CT molecular complexity index is 561. The summed E-state index contributed by atoms with van der Waals surface area (Å²) >= 11 is 0. The van der Waals surface area contributed by atoms with Gasteiger partial charge in [-0.1, -0.05) is 12.1 Å². The molecule has 1 aromatic carbocycles. The Balaban J connectivity index is 2.35. The second-order valence-electron chi connectivity index (χ2n) is 4.33. The zero-order valence-corrected chi connectivity index (χ0v) is 10.6. The molecule has 1 N–H and O–H groups in total. The molecule has 2 rings (SSSR count). The molecule has 6 heteroatoms. The van der Waals surface area contributed by atoms with Crippen LogP contribution in [0.4, 0.5) is 4.79 Å². The van der Waals surface area contributed by atoms with E-state index in [0.29, 0.717) is 11.3 Å². The number of ether oxygens (including phenoxy) is 1. The van der Waals surface area contributed by atoms with Gasteiger partial charge < -0.3 is 10.1 Å². The molecule has 0 spiro atoms. The average Bonchev–Trinajstić information content (AvgIpc) is 2.64. The first-order valence-electron chi connectivity index (χ1n) is 5.68. The van der Waals surface area contributed by atoms with Crippen LogP contribution in [0.2, 0.25) is 0 Å². The maximum Gasteiger partial charge on any atom is 0.326 e. The number of rotatable bonds is 3. The van der Waals surface area contributed by atoms with Crippen molar-refractivity contribution in [1.82, 2.24) is 10.2 Å². The van der Waals surface area contributed by atoms with Gasteiger partial charge in [0.1, 0.15) is 17.8 Å². The van der Waals surface area contributed by atoms with E-state index in [-0.39, 0.29) is 6.54 Å². The molecule has 1 heterocycles. The molecule has 19 heavy (non-hydrogen) atoms. The van der Waals surface area contributed by atoms with Crippen molar-refractivity contribution in [2.45, 2.75) is 12.5 Å². The number of carbonyl (C=O) groups excluding carboxylic acids is 2. The number of nitrogens with zero attached hydrogens (tertiary/aromatic N) is 2. The molecule has 1 fully saturated rings. The summed E-state index contributed by atoms with van der Waals surface area (Å²) in [4.78, 5) is 24.9. The van der Waals surface area contributed by atoms with E-state index in [1.165, 1.54) is 0 Å². The Labute approximate surface area is 110 Å². The van der Waals surface area contributed by atoms with E-state index in [2.05, 4.69) is 5.32 Å². The predicted octanol–water partition coefficient (Wildman–Crippen LogP) is 0.986. The van der Waals surface area contributed by atoms with Crippen LogP contribution in [0.5, 0.6) is 5.75 Å². The highest BCUT2D eigenvalue weighted by Crippen LogP contribution is 2.29. The molecule has 6 nitrogen and oxygen atoms in total. The number of hydrogen-bond donors (Lipinski definition) is 1. The van der Waals surface area contributed by atoms with Crippen molar-refractivity contribution in [1.29, 1.82) is 5.26 Å². The Morgan fingerprint density at radius 2 is 2.00 bits per heavy atom. The molecule has 0 aliphatic carbocycles. The molecular formula is C13H13N3O3. The van der Waals surface area contributed by atoms with Crippen LogP contribution in [0.1, 0.15) is 12.5 Å². The standard InChI is InChI=1S/C13H13N3O3/c1-13(9-3-5-10(19-2)6-4-9)11(17)16(8-7-14)12(18)15-13/h3-6H,8H2,1-2H3,(H,15,18). The van der Waals surface area contributed by atoms with E-state index in [0.717, 1.165) is 4.90 Å². The van der Waals surface area contributed by atoms with Crippen LogP contribution in [0.25, 0.3) is 0 Å². The molecule has 0 saturated carbocycles. The molecule has 3 amide bonds. The van der Waals surface area contributed by atoms with E-state index in [4.69, 9.17) is 10.00 Å². The lowest BCUT2D eigenvalue weighted by Crippen LogP contribution is -2.40. The van der Waals surface area contributed by atoms with Gasteiger partial charge in [-0.05, 0) is 24.6 Å². The number of benzene rings is 1. The topological polar surface area (TPSA) is 82.4 Å². The van der Waals surface area contributed by atoms with Crippen LogP contribution in [-0.4, -0.2) is 30.5 Å². The van der Waals surface area contributed by atoms with Gasteiger partial charge in [-0.15, -0.1) is 0 Å². The number of imide groups is 1. The average molecular weight is 259 g/mol. The zero-order valence-electron chi connectivity index (χ0n) is 10.6. The van der Waals surface area contributed by atoms with Gasteiger partial charge in [0.2, 0.25) is 0 Å². The summed E-state index contributed by atoms with van der Waals surface area (Å²) in [6.45, 7) is 1.36. The van der Waals surface area contributed by atoms with Crippen LogP contribution in [-0.2, 0) is 10.3 Å². The highest BCUT2D eigenvalue weighted by molar-refractivity contribution is 6.07. The largest absolute Gasteiger partial charge is 0.497 e. The van der Waals surface area contributed by atoms with E-state index >= 15 is 0 Å². The SMILES string of the molecule is COc1ccc(C2(C)NC(=O)N(CC#N)C2=O)cc1. The predicted molar refractivity (Wildman–Crippen MR) is 66.2 cm³/mol. The highest BCUT2D eigenvalue weighted by Gasteiger charge is 2.48. The summed E-state index contributed by atoms with van der Waals surface area (Å²) in [5.41, 5.74) is -0.493. The minimum absolute atomic E-state index is 0.254. The summed E-state index contributed by atoms with van der Waals surface area (Å²) in [6, 6.07) is 8.11. The van der Waals surface area contributed by atoms with Gasteiger partial charge in [-0.25, -0.2) is 9.69 Å². The number of hydrogen-bond acceptors (Lipinski definition) is 4. The monoisotopic (exact) mass is 259 g/mol. The van der Waals surface area contributed by atoms with Crippen molar-refractivity contribution in [2.75, 3.05) is 13.7 Å². The van der Waals surface area contributed by atoms with Crippen molar-refractivity contribution in [3.05, 3.63) is 29.8 Å². The van der Waals surface area contributed by atoms with Gasteiger partial charge in [0.05, 0.1) is 13.2 Å². The molecule has 0 radical (unpaired) electrons. The van der Waals surface area contributed by atoms with E-state index in [1.807, 2.05) is 0 Å². The van der Waals surface area contributed by atoms with E-state index in [1.54, 1.807) is 44.4 Å². The van der Waals surface area contributed by atoms with Crippen molar-refractivity contribution in [3.8, 4) is 11.8 Å². The smallest absolute Gasteiger partial charge is 0.326 e. The summed E-state index contributed by atoms with van der Waals surface area (Å²) in [7, 11) is 1.55. The van der Waals surface area contributed by atoms with Crippen molar-refractivity contribution < 1.29 is 14.3 Å². The highest BCUT2D eigenvalue weighted by atomic mass is 16.5. The first-order valence-corrected chi connectivity index (χ1v) is 5.68. The molecule has 1 atom stereocenters. The van der Waals surface area contributed by atoms with Gasteiger partial charge in [-0.2, -0.15) is 5.26 Å². The number of nitrogens with one attached hydrogen (secondary N) is 1. The Morgan fingerprint density at radius 3 is 2.53 bits per heavy atom. The molecule has 1 unspecified atom stereocenters. The Morgan fingerprint density at radius 1 is 1.37 bits per heavy atom. The van der Waals surface area contributed by atoms with Crippen LogP contribution in [0.15, 0.2) is 24.3 Å². The van der Waals surface area contributed by atoms with Gasteiger partial charge in [0, 0.05) is 0 Å². The second-order valence-corrected chi connectivity index (χ2v) is 4.33. The molecule has 1 aromatic rings. The maximum atomic E-state index is 12.2. The quantitative estimate of drug-likeness (QED) is 0.648. The van der Waals surface area contributed by atoms with Crippen molar-refractivity contribution in [2.24, 2.45) is 0 Å². The lowest BCUT2D eigenvalue weighted by atomic mass is 9.92. The van der Waals surface area contributed by atoms with Gasteiger partial charge >= 0.3 is 6.03 Å². The summed E-state index contributed by atoms with van der Waals surface area (Å²) in [5, 5.41) is 11.2. The summed E-state index contributed by atoms with van der Waals surface area (Å²) < 4.78 is 5.05. The minimum Gasteiger partial charge on any atom is -0.497 e. The van der Waals surface area contributed by atoms with Crippen LogP contribution >= 0.6 is 0 Å². The van der Waals surface area contributed by atoms with Crippen LogP contribution < -0.4 is 10.1 Å². The van der Waals surface area contributed by atoms with Crippen LogP contribution in [0, 0.1) is 11.3 Å². The lowest BCUT2D eigenvalue weighted by Gasteiger charge is -2.21. The van der Waals surface area contributed by atoms with E-state index in [9.17, 15) is 9.59 Å². The number of carbonyl (C=O) groups is 2. The number of urea groups is 1. The fourth-order valence-electron chi connectivity index (χ4n) is 2.03. The molecule has 0 bridgehead atoms. The number of nitriles is 1. The van der Waals surface area contributed by atoms with Gasteiger partial charge in [0.25, 0.3) is 5.91 Å². The third kappa shape index (κ3) is 1.99. The van der Waals surface area contributed by atoms with Gasteiger partial charge in [0.15, 0.2) is 0 Å². The summed E-state index contributed by atoms with van der Waals surface area (Å²) in [6.07, 6.45) is 0. The van der Waals surface area contributed by atoms with Gasteiger partial charge in [-0.3, -0.25) is 4.79 Å². The Hall–Kier alpha value is -2.55. The lowest BCUT2D eigenvalue weighted by molar-refractivity contribution is -0.130. The van der Waals surface area contributed by atoms with Crippen molar-refractivity contribution in [3.63, 3.8) is 0 Å². The molecule has 1 aliphatic heterocycles. The number of methoxy groups -OCH3 is 1. The fourth-order valence-corrected chi connectivity index (χ4v) is 2.03. The molecular weight excluding hydrogens is 246 g/mol. The number of amides is 3. The second kappa shape index (κ2) is 4.61. The first-order chi connectivity index (χ1) is 9.02. The molecule has 98 valence electrons. The molecule has 0 aromatic heterocycles. The fraction of sp³-hybridized carbons (Fsp3) is 0.308. The molecule has 1 saturated heterocycles. The van der Waals surface area contributed by atoms with Crippen molar-refractivity contribution >= 4 is 11.9 Å². The minimum atomic E-state index is -1.14. The third-order valence-electron chi connectivity index (χ3n) is 3.17. The molecule has 1 aliphatic rings. The Kier molecular flexibility index (Phi) is 3.13. The van der Waals surface area contributed by atoms with E-state index < -0.39 is 17.5 Å². The first kappa shape index (κ1) is 12.9. The van der Waals surface area contributed by atoms with Crippen LogP contribution in [0.3, 0.4) is 0 Å². The maximum absolute atomic E-state index is 12.2. The zero-order chi connectivity index (χ0) is 14.0. The third-order valence-corrected chi connectivity index (χ3v) is 3.17. The normalized spacial score (nSPS) is 22.1. The summed E-state index contributed by atoms with van der Waals surface area (Å²) in [5.74, 6) is 0.238.